The predicted molar refractivity (Wildman–Crippen MR) is 88.0 cm³/mol. The van der Waals surface area contributed by atoms with E-state index in [0.29, 0.717) is 12.3 Å². The zero-order chi connectivity index (χ0) is 17.7. The van der Waals surface area contributed by atoms with E-state index in [9.17, 15) is 20.0 Å². The summed E-state index contributed by atoms with van der Waals surface area (Å²) in [5, 5.41) is 27.2. The number of rotatable bonds is 7. The highest BCUT2D eigenvalue weighted by Crippen LogP contribution is 2.21. The largest absolute Gasteiger partial charge is 0.394 e. The Morgan fingerprint density at radius 1 is 1.38 bits per heavy atom. The zero-order valence-electron chi connectivity index (χ0n) is 13.5. The molecule has 8 nitrogen and oxygen atoms in total. The van der Waals surface area contributed by atoms with Gasteiger partial charge < -0.3 is 10.4 Å². The summed E-state index contributed by atoms with van der Waals surface area (Å²) in [6.45, 7) is 3.84. The molecule has 2 N–H and O–H groups in total. The minimum atomic E-state index is -0.499. The van der Waals surface area contributed by atoms with Crippen molar-refractivity contribution in [2.24, 2.45) is 5.92 Å². The monoisotopic (exact) mass is 332 g/mol. The molecule has 8 heteroatoms. The third-order valence-corrected chi connectivity index (χ3v) is 3.46. The molecule has 0 fully saturated rings. The topological polar surface area (TPSA) is 110 Å². The lowest BCUT2D eigenvalue weighted by atomic mass is 10.0. The molecule has 0 radical (unpaired) electrons. The normalized spacial score (nSPS) is 12.2. The van der Waals surface area contributed by atoms with Crippen LogP contribution in [-0.4, -0.2) is 38.4 Å². The molecule has 0 aliphatic carbocycles. The summed E-state index contributed by atoms with van der Waals surface area (Å²) in [5.41, 5.74) is 0.318. The van der Waals surface area contributed by atoms with E-state index in [2.05, 4.69) is 10.4 Å². The van der Waals surface area contributed by atoms with Gasteiger partial charge in [-0.15, -0.1) is 0 Å². The van der Waals surface area contributed by atoms with Crippen molar-refractivity contribution in [3.63, 3.8) is 0 Å². The Bertz CT molecular complexity index is 726. The number of nitrogens with zero attached hydrogens (tertiary/aromatic N) is 3. The van der Waals surface area contributed by atoms with Gasteiger partial charge >= 0.3 is 0 Å². The molecule has 128 valence electrons. The quantitative estimate of drug-likeness (QED) is 0.594. The Balaban J connectivity index is 2.19. The van der Waals surface area contributed by atoms with Gasteiger partial charge in [0.1, 0.15) is 5.69 Å². The molecule has 0 bridgehead atoms. The van der Waals surface area contributed by atoms with Gasteiger partial charge in [-0.3, -0.25) is 14.9 Å². The Morgan fingerprint density at radius 2 is 2.08 bits per heavy atom. The number of aromatic nitrogens is 2. The Morgan fingerprint density at radius 3 is 2.71 bits per heavy atom. The van der Waals surface area contributed by atoms with Crippen molar-refractivity contribution < 1.29 is 14.8 Å². The highest BCUT2D eigenvalue weighted by Gasteiger charge is 2.19. The van der Waals surface area contributed by atoms with Gasteiger partial charge in [0.05, 0.1) is 17.6 Å². The number of nitrogens with one attached hydrogen (secondary N) is 1. The standard InChI is InChI=1S/C16H20N4O4/c1-11(2)9-12(10-21)17-16(22)13-7-8-19(18-13)14-5-3-4-6-15(14)20(23)24/h3-8,11-12,21H,9-10H2,1-2H3,(H,17,22). The molecule has 1 aromatic heterocycles. The van der Waals surface area contributed by atoms with Crippen molar-refractivity contribution >= 4 is 11.6 Å². The maximum Gasteiger partial charge on any atom is 0.294 e. The van der Waals surface area contributed by atoms with Crippen molar-refractivity contribution in [3.8, 4) is 5.69 Å². The Hall–Kier alpha value is -2.74. The van der Waals surface area contributed by atoms with Gasteiger partial charge in [0.2, 0.25) is 0 Å². The summed E-state index contributed by atoms with van der Waals surface area (Å²) < 4.78 is 1.30. The van der Waals surface area contributed by atoms with E-state index in [0.717, 1.165) is 0 Å². The van der Waals surface area contributed by atoms with Crippen molar-refractivity contribution in [3.05, 3.63) is 52.3 Å². The lowest BCUT2D eigenvalue weighted by Gasteiger charge is -2.17. The van der Waals surface area contributed by atoms with Crippen LogP contribution >= 0.6 is 0 Å². The molecule has 1 unspecified atom stereocenters. The van der Waals surface area contributed by atoms with Crippen LogP contribution in [0.5, 0.6) is 0 Å². The van der Waals surface area contributed by atoms with E-state index >= 15 is 0 Å². The first kappa shape index (κ1) is 17.6. The molecule has 1 amide bonds. The van der Waals surface area contributed by atoms with Crippen LogP contribution in [-0.2, 0) is 0 Å². The first-order valence-corrected chi connectivity index (χ1v) is 7.63. The third kappa shape index (κ3) is 4.17. The van der Waals surface area contributed by atoms with Crippen LogP contribution in [0.4, 0.5) is 5.69 Å². The molecule has 1 atom stereocenters. The number of nitro benzene ring substituents is 1. The van der Waals surface area contributed by atoms with E-state index in [1.807, 2.05) is 13.8 Å². The number of carbonyl (C=O) groups is 1. The minimum Gasteiger partial charge on any atom is -0.394 e. The van der Waals surface area contributed by atoms with E-state index in [1.165, 1.54) is 23.0 Å². The van der Waals surface area contributed by atoms with Crippen LogP contribution in [0.1, 0.15) is 30.8 Å². The maximum atomic E-state index is 12.2. The smallest absolute Gasteiger partial charge is 0.294 e. The molecule has 2 aromatic rings. The van der Waals surface area contributed by atoms with Crippen molar-refractivity contribution in [1.82, 2.24) is 15.1 Å². The number of aliphatic hydroxyl groups excluding tert-OH is 1. The second-order valence-electron chi connectivity index (χ2n) is 5.87. The fourth-order valence-electron chi connectivity index (χ4n) is 2.40. The summed E-state index contributed by atoms with van der Waals surface area (Å²) in [4.78, 5) is 22.8. The number of nitro groups is 1. The van der Waals surface area contributed by atoms with Gasteiger partial charge in [-0.2, -0.15) is 5.10 Å². The van der Waals surface area contributed by atoms with Gasteiger partial charge in [0, 0.05) is 12.3 Å². The van der Waals surface area contributed by atoms with Gasteiger partial charge in [-0.1, -0.05) is 26.0 Å². The summed E-state index contributed by atoms with van der Waals surface area (Å²) in [6.07, 6.45) is 2.14. The fourth-order valence-corrected chi connectivity index (χ4v) is 2.40. The van der Waals surface area contributed by atoms with Gasteiger partial charge in [-0.25, -0.2) is 4.68 Å². The molecule has 0 aliphatic rings. The average Bonchev–Trinajstić information content (AvgIpc) is 3.03. The first-order valence-electron chi connectivity index (χ1n) is 7.63. The molecular formula is C16H20N4O4. The van der Waals surface area contributed by atoms with E-state index in [1.54, 1.807) is 18.2 Å². The number of para-hydroxylation sites is 2. The summed E-state index contributed by atoms with van der Waals surface area (Å²) >= 11 is 0. The molecule has 0 saturated carbocycles. The van der Waals surface area contributed by atoms with Gasteiger partial charge in [0.15, 0.2) is 5.69 Å². The number of benzene rings is 1. The van der Waals surface area contributed by atoms with Crippen LogP contribution in [0.3, 0.4) is 0 Å². The lowest BCUT2D eigenvalue weighted by molar-refractivity contribution is -0.384. The number of carbonyl (C=O) groups excluding carboxylic acids is 1. The molecule has 0 saturated heterocycles. The Kier molecular flexibility index (Phi) is 5.64. The van der Waals surface area contributed by atoms with E-state index < -0.39 is 10.8 Å². The second-order valence-corrected chi connectivity index (χ2v) is 5.87. The maximum absolute atomic E-state index is 12.2. The van der Waals surface area contributed by atoms with Crippen LogP contribution in [0.2, 0.25) is 0 Å². The van der Waals surface area contributed by atoms with E-state index in [-0.39, 0.29) is 29.7 Å². The number of aliphatic hydroxyl groups is 1. The lowest BCUT2D eigenvalue weighted by Crippen LogP contribution is -2.38. The van der Waals surface area contributed by atoms with Gasteiger partial charge in [0.25, 0.3) is 11.6 Å². The van der Waals surface area contributed by atoms with Gasteiger partial charge in [-0.05, 0) is 24.5 Å². The number of hydrogen-bond acceptors (Lipinski definition) is 5. The van der Waals surface area contributed by atoms with Crippen LogP contribution in [0.25, 0.3) is 5.69 Å². The van der Waals surface area contributed by atoms with Crippen LogP contribution < -0.4 is 5.32 Å². The molecule has 1 heterocycles. The summed E-state index contributed by atoms with van der Waals surface area (Å²) in [5.74, 6) is -0.0981. The molecule has 0 spiro atoms. The third-order valence-electron chi connectivity index (χ3n) is 3.46. The van der Waals surface area contributed by atoms with Crippen molar-refractivity contribution in [1.29, 1.82) is 0 Å². The minimum absolute atomic E-state index is 0.0967. The molecule has 0 aliphatic heterocycles. The number of amides is 1. The first-order chi connectivity index (χ1) is 11.4. The SMILES string of the molecule is CC(C)CC(CO)NC(=O)c1ccn(-c2ccccc2[N+](=O)[O-])n1. The van der Waals surface area contributed by atoms with Crippen molar-refractivity contribution in [2.75, 3.05) is 6.61 Å². The fraction of sp³-hybridized carbons (Fsp3) is 0.375. The highest BCUT2D eigenvalue weighted by atomic mass is 16.6. The van der Waals surface area contributed by atoms with Crippen molar-refractivity contribution in [2.45, 2.75) is 26.3 Å². The van der Waals surface area contributed by atoms with Crippen LogP contribution in [0, 0.1) is 16.0 Å². The zero-order valence-corrected chi connectivity index (χ0v) is 13.5. The summed E-state index contributed by atoms with van der Waals surface area (Å²) in [6, 6.07) is 7.29. The molecule has 1 aromatic carbocycles. The highest BCUT2D eigenvalue weighted by molar-refractivity contribution is 5.92. The van der Waals surface area contributed by atoms with Crippen LogP contribution in [0.15, 0.2) is 36.5 Å². The number of hydrogen-bond donors (Lipinski definition) is 2. The second kappa shape index (κ2) is 7.69. The molecule has 2 rings (SSSR count). The summed E-state index contributed by atoms with van der Waals surface area (Å²) in [7, 11) is 0. The predicted octanol–water partition coefficient (Wildman–Crippen LogP) is 1.92. The van der Waals surface area contributed by atoms with E-state index in [4.69, 9.17) is 0 Å². The Labute approximate surface area is 139 Å². The molecule has 24 heavy (non-hydrogen) atoms. The molecular weight excluding hydrogens is 312 g/mol. The average molecular weight is 332 g/mol.